The number of esters is 3. The lowest BCUT2D eigenvalue weighted by atomic mass is 10.1. The summed E-state index contributed by atoms with van der Waals surface area (Å²) in [7, 11) is 0. The van der Waals surface area contributed by atoms with Gasteiger partial charge in [-0.25, -0.2) is 0 Å². The lowest BCUT2D eigenvalue weighted by Gasteiger charge is -2.18. The van der Waals surface area contributed by atoms with Crippen molar-refractivity contribution < 1.29 is 28.6 Å². The van der Waals surface area contributed by atoms with Gasteiger partial charge >= 0.3 is 17.9 Å². The second-order valence-corrected chi connectivity index (χ2v) is 16.0. The van der Waals surface area contributed by atoms with Gasteiger partial charge in [-0.3, -0.25) is 14.4 Å². The van der Waals surface area contributed by atoms with Crippen molar-refractivity contribution in [1.82, 2.24) is 0 Å². The van der Waals surface area contributed by atoms with Gasteiger partial charge in [0, 0.05) is 19.3 Å². The third-order valence-corrected chi connectivity index (χ3v) is 10.4. The Morgan fingerprint density at radius 3 is 1.07 bits per heavy atom. The summed E-state index contributed by atoms with van der Waals surface area (Å²) in [4.78, 5) is 37.8. The average Bonchev–Trinajstić information content (AvgIpc) is 3.19. The van der Waals surface area contributed by atoms with Crippen molar-refractivity contribution in [2.24, 2.45) is 0 Å². The van der Waals surface area contributed by atoms with Crippen LogP contribution in [0.5, 0.6) is 0 Å². The van der Waals surface area contributed by atoms with Gasteiger partial charge < -0.3 is 14.2 Å². The highest BCUT2D eigenvalue weighted by Gasteiger charge is 2.19. The SMILES string of the molecule is CCCC/C=C\C/C=C\CCCCCCCC(=O)OC[C@@H](COC(=O)CCCCCCCCCCCCC)OC(=O)CCCCCCC/C=C\CCCCCC. The molecule has 0 spiro atoms. The predicted molar refractivity (Wildman–Crippen MR) is 238 cm³/mol. The smallest absolute Gasteiger partial charge is 0.306 e. The largest absolute Gasteiger partial charge is 0.462 e. The molecular formula is C50H90O6. The molecule has 6 nitrogen and oxygen atoms in total. The van der Waals surface area contributed by atoms with E-state index in [1.807, 2.05) is 0 Å². The Morgan fingerprint density at radius 1 is 0.357 bits per heavy atom. The summed E-state index contributed by atoms with van der Waals surface area (Å²) in [5, 5.41) is 0. The van der Waals surface area contributed by atoms with Gasteiger partial charge in [-0.2, -0.15) is 0 Å². The van der Waals surface area contributed by atoms with Gasteiger partial charge in [0.2, 0.25) is 0 Å². The summed E-state index contributed by atoms with van der Waals surface area (Å²) in [5.41, 5.74) is 0. The van der Waals surface area contributed by atoms with Crippen molar-refractivity contribution in [3.63, 3.8) is 0 Å². The lowest BCUT2D eigenvalue weighted by Crippen LogP contribution is -2.30. The van der Waals surface area contributed by atoms with Gasteiger partial charge in [0.15, 0.2) is 6.10 Å². The maximum Gasteiger partial charge on any atom is 0.306 e. The topological polar surface area (TPSA) is 78.9 Å². The van der Waals surface area contributed by atoms with Crippen LogP contribution in [-0.2, 0) is 28.6 Å². The molecule has 0 aromatic rings. The van der Waals surface area contributed by atoms with Gasteiger partial charge in [-0.15, -0.1) is 0 Å². The molecule has 0 radical (unpaired) electrons. The van der Waals surface area contributed by atoms with Crippen molar-refractivity contribution in [2.45, 2.75) is 252 Å². The standard InChI is InChI=1S/C50H90O6/c1-4-7-10-13-16-19-22-24-26-28-31-34-37-40-43-49(52)55-46-47(45-54-48(51)42-39-36-33-30-27-21-18-15-12-9-6-3)56-50(53)44-41-38-35-32-29-25-23-20-17-14-11-8-5-2/h13,16,20,22-24,47H,4-12,14-15,17-19,21,25-46H2,1-3H3/b16-13-,23-20-,24-22-/t47-/m1/s1. The van der Waals surface area contributed by atoms with Gasteiger partial charge in [0.1, 0.15) is 13.2 Å². The molecule has 0 rings (SSSR count). The Labute approximate surface area is 346 Å². The minimum atomic E-state index is -0.777. The zero-order chi connectivity index (χ0) is 40.8. The van der Waals surface area contributed by atoms with E-state index in [2.05, 4.69) is 57.2 Å². The molecule has 0 heterocycles. The number of carbonyl (C=O) groups excluding carboxylic acids is 3. The molecule has 56 heavy (non-hydrogen) atoms. The zero-order valence-corrected chi connectivity index (χ0v) is 37.2. The number of ether oxygens (including phenoxy) is 3. The van der Waals surface area contributed by atoms with Crippen molar-refractivity contribution in [3.05, 3.63) is 36.5 Å². The summed E-state index contributed by atoms with van der Waals surface area (Å²) < 4.78 is 16.7. The van der Waals surface area contributed by atoms with Gasteiger partial charge in [0.25, 0.3) is 0 Å². The van der Waals surface area contributed by atoms with E-state index in [1.54, 1.807) is 0 Å². The molecule has 6 heteroatoms. The quantitative estimate of drug-likeness (QED) is 0.0265. The van der Waals surface area contributed by atoms with Crippen LogP contribution in [0.3, 0.4) is 0 Å². The molecule has 0 saturated carbocycles. The summed E-state index contributed by atoms with van der Waals surface area (Å²) in [6, 6.07) is 0. The second kappa shape index (κ2) is 45.3. The van der Waals surface area contributed by atoms with Crippen LogP contribution in [-0.4, -0.2) is 37.2 Å². The van der Waals surface area contributed by atoms with E-state index < -0.39 is 6.10 Å². The van der Waals surface area contributed by atoms with E-state index >= 15 is 0 Å². The van der Waals surface area contributed by atoms with Crippen molar-refractivity contribution in [1.29, 1.82) is 0 Å². The van der Waals surface area contributed by atoms with Crippen LogP contribution in [0.2, 0.25) is 0 Å². The van der Waals surface area contributed by atoms with E-state index in [0.717, 1.165) is 89.9 Å². The first-order valence-corrected chi connectivity index (χ1v) is 24.0. The Hall–Kier alpha value is -2.37. The Balaban J connectivity index is 4.39. The molecule has 0 saturated heterocycles. The maximum atomic E-state index is 12.7. The number of carbonyl (C=O) groups is 3. The molecule has 0 aromatic heterocycles. The zero-order valence-electron chi connectivity index (χ0n) is 37.2. The molecule has 0 bridgehead atoms. The fraction of sp³-hybridized carbons (Fsp3) is 0.820. The molecule has 1 atom stereocenters. The number of unbranched alkanes of at least 4 members (excludes halogenated alkanes) is 26. The third-order valence-electron chi connectivity index (χ3n) is 10.4. The molecule has 0 N–H and O–H groups in total. The molecule has 0 fully saturated rings. The van der Waals surface area contributed by atoms with Crippen LogP contribution in [0.1, 0.15) is 245 Å². The second-order valence-electron chi connectivity index (χ2n) is 16.0. The molecular weight excluding hydrogens is 697 g/mol. The molecule has 0 aromatic carbocycles. The third kappa shape index (κ3) is 42.8. The van der Waals surface area contributed by atoms with E-state index in [0.29, 0.717) is 19.3 Å². The number of rotatable bonds is 43. The minimum Gasteiger partial charge on any atom is -0.462 e. The first-order valence-electron chi connectivity index (χ1n) is 24.0. The van der Waals surface area contributed by atoms with Crippen LogP contribution in [0, 0.1) is 0 Å². The van der Waals surface area contributed by atoms with Crippen molar-refractivity contribution in [2.75, 3.05) is 13.2 Å². The van der Waals surface area contributed by atoms with Crippen LogP contribution in [0.25, 0.3) is 0 Å². The van der Waals surface area contributed by atoms with Crippen LogP contribution >= 0.6 is 0 Å². The Morgan fingerprint density at radius 2 is 0.661 bits per heavy atom. The fourth-order valence-corrected chi connectivity index (χ4v) is 6.69. The van der Waals surface area contributed by atoms with Crippen LogP contribution in [0.15, 0.2) is 36.5 Å². The summed E-state index contributed by atoms with van der Waals surface area (Å²) >= 11 is 0. The monoisotopic (exact) mass is 787 g/mol. The predicted octanol–water partition coefficient (Wildman–Crippen LogP) is 15.4. The van der Waals surface area contributed by atoms with Crippen molar-refractivity contribution >= 4 is 17.9 Å². The molecule has 0 amide bonds. The Kier molecular flexibility index (Phi) is 43.4. The molecule has 0 aliphatic carbocycles. The molecule has 0 aliphatic heterocycles. The highest BCUT2D eigenvalue weighted by molar-refractivity contribution is 5.71. The highest BCUT2D eigenvalue weighted by Crippen LogP contribution is 2.14. The average molecular weight is 787 g/mol. The van der Waals surface area contributed by atoms with E-state index in [9.17, 15) is 14.4 Å². The van der Waals surface area contributed by atoms with Crippen LogP contribution < -0.4 is 0 Å². The summed E-state index contributed by atoms with van der Waals surface area (Å²) in [5.74, 6) is -0.897. The normalized spacial score (nSPS) is 12.3. The summed E-state index contributed by atoms with van der Waals surface area (Å²) in [6.45, 7) is 6.56. The maximum absolute atomic E-state index is 12.7. The van der Waals surface area contributed by atoms with E-state index in [1.165, 1.54) is 116 Å². The number of allylic oxidation sites excluding steroid dienone is 6. The van der Waals surface area contributed by atoms with Crippen molar-refractivity contribution in [3.8, 4) is 0 Å². The molecule has 0 aliphatic rings. The fourth-order valence-electron chi connectivity index (χ4n) is 6.69. The Bertz CT molecular complexity index is 953. The number of hydrogen-bond acceptors (Lipinski definition) is 6. The first-order chi connectivity index (χ1) is 27.5. The van der Waals surface area contributed by atoms with Crippen LogP contribution in [0.4, 0.5) is 0 Å². The number of hydrogen-bond donors (Lipinski definition) is 0. The first kappa shape index (κ1) is 53.6. The highest BCUT2D eigenvalue weighted by atomic mass is 16.6. The van der Waals surface area contributed by atoms with E-state index in [4.69, 9.17) is 14.2 Å². The van der Waals surface area contributed by atoms with Gasteiger partial charge in [0.05, 0.1) is 0 Å². The summed E-state index contributed by atoms with van der Waals surface area (Å²) in [6.07, 6.45) is 51.2. The van der Waals surface area contributed by atoms with E-state index in [-0.39, 0.29) is 31.1 Å². The lowest BCUT2D eigenvalue weighted by molar-refractivity contribution is -0.167. The van der Waals surface area contributed by atoms with Gasteiger partial charge in [-0.1, -0.05) is 192 Å². The molecule has 326 valence electrons. The minimum absolute atomic E-state index is 0.0778. The molecule has 0 unspecified atom stereocenters. The van der Waals surface area contributed by atoms with Gasteiger partial charge in [-0.05, 0) is 70.6 Å².